The molecule has 1 atom stereocenters. The number of hydrogen-bond acceptors (Lipinski definition) is 3. The van der Waals surface area contributed by atoms with Gasteiger partial charge in [-0.15, -0.1) is 0 Å². The third kappa shape index (κ3) is 2.52. The molecule has 98 valence electrons. The summed E-state index contributed by atoms with van der Waals surface area (Å²) in [7, 11) is 0. The van der Waals surface area contributed by atoms with Crippen molar-refractivity contribution in [3.8, 4) is 5.75 Å². The Balaban J connectivity index is 1.96. The second-order valence-electron chi connectivity index (χ2n) is 4.62. The first kappa shape index (κ1) is 12.7. The molecule has 0 aromatic heterocycles. The fourth-order valence-corrected chi connectivity index (χ4v) is 2.69. The first-order valence-electron chi connectivity index (χ1n) is 6.25. The number of rotatable bonds is 3. The third-order valence-corrected chi connectivity index (χ3v) is 3.95. The molecule has 0 aliphatic carbocycles. The highest BCUT2D eigenvalue weighted by molar-refractivity contribution is 9.10. The minimum atomic E-state index is -0.000926. The number of hydrazine groups is 1. The largest absolute Gasteiger partial charge is 0.493 e. The van der Waals surface area contributed by atoms with Crippen molar-refractivity contribution >= 4 is 15.9 Å². The molecule has 0 amide bonds. The fraction of sp³-hybridized carbons (Fsp3) is 0.200. The molecule has 3 N–H and O–H groups in total. The van der Waals surface area contributed by atoms with Crippen LogP contribution in [-0.4, -0.2) is 6.61 Å². The van der Waals surface area contributed by atoms with E-state index < -0.39 is 0 Å². The van der Waals surface area contributed by atoms with Crippen LogP contribution < -0.4 is 16.0 Å². The van der Waals surface area contributed by atoms with Gasteiger partial charge >= 0.3 is 0 Å². The first-order valence-corrected chi connectivity index (χ1v) is 7.04. The van der Waals surface area contributed by atoms with Crippen molar-refractivity contribution in [2.45, 2.75) is 12.5 Å². The number of hydrogen-bond donors (Lipinski definition) is 2. The second-order valence-corrected chi connectivity index (χ2v) is 5.53. The quantitative estimate of drug-likeness (QED) is 0.675. The zero-order valence-electron chi connectivity index (χ0n) is 10.4. The number of fused-ring (bicyclic) bond motifs is 1. The Morgan fingerprint density at radius 1 is 1.11 bits per heavy atom. The minimum absolute atomic E-state index is 0.000926. The maximum atomic E-state index is 5.73. The zero-order valence-corrected chi connectivity index (χ0v) is 12.0. The highest BCUT2D eigenvalue weighted by Crippen LogP contribution is 2.30. The van der Waals surface area contributed by atoms with Crippen molar-refractivity contribution in [3.05, 3.63) is 63.6 Å². The van der Waals surface area contributed by atoms with Gasteiger partial charge in [0, 0.05) is 10.9 Å². The number of nitrogens with one attached hydrogen (secondary N) is 1. The molecule has 1 unspecified atom stereocenters. The lowest BCUT2D eigenvalue weighted by molar-refractivity contribution is 0.357. The van der Waals surface area contributed by atoms with Crippen LogP contribution in [0.2, 0.25) is 0 Å². The van der Waals surface area contributed by atoms with Gasteiger partial charge in [-0.3, -0.25) is 5.84 Å². The fourth-order valence-electron chi connectivity index (χ4n) is 2.43. The highest BCUT2D eigenvalue weighted by Gasteiger charge is 2.17. The van der Waals surface area contributed by atoms with Crippen LogP contribution in [0.4, 0.5) is 0 Å². The maximum absolute atomic E-state index is 5.73. The summed E-state index contributed by atoms with van der Waals surface area (Å²) in [5, 5.41) is 0. The molecule has 0 spiro atoms. The van der Waals surface area contributed by atoms with Crippen molar-refractivity contribution < 1.29 is 4.74 Å². The maximum Gasteiger partial charge on any atom is 0.122 e. The predicted molar refractivity (Wildman–Crippen MR) is 78.9 cm³/mol. The van der Waals surface area contributed by atoms with Gasteiger partial charge in [-0.1, -0.05) is 40.2 Å². The predicted octanol–water partition coefficient (Wildman–Crippen LogP) is 2.94. The molecule has 0 fully saturated rings. The summed E-state index contributed by atoms with van der Waals surface area (Å²) >= 11 is 3.45. The summed E-state index contributed by atoms with van der Waals surface area (Å²) in [6.07, 6.45) is 0.973. The average Bonchev–Trinajstić information content (AvgIpc) is 2.89. The standard InChI is InChI=1S/C15H15BrN2O/c16-13-4-1-10(2-5-13)15(18-17)12-3-6-14-11(9-12)7-8-19-14/h1-6,9,15,18H,7-8,17H2. The van der Waals surface area contributed by atoms with Crippen LogP contribution in [0, 0.1) is 0 Å². The number of ether oxygens (including phenoxy) is 1. The van der Waals surface area contributed by atoms with Crippen LogP contribution in [0.3, 0.4) is 0 Å². The van der Waals surface area contributed by atoms with Crippen molar-refractivity contribution in [1.82, 2.24) is 5.43 Å². The normalized spacial score (nSPS) is 14.8. The van der Waals surface area contributed by atoms with Gasteiger partial charge < -0.3 is 4.74 Å². The molecule has 0 bridgehead atoms. The number of benzene rings is 2. The molecule has 1 aliphatic heterocycles. The highest BCUT2D eigenvalue weighted by atomic mass is 79.9. The Morgan fingerprint density at radius 2 is 1.84 bits per heavy atom. The molecule has 19 heavy (non-hydrogen) atoms. The van der Waals surface area contributed by atoms with E-state index in [1.165, 1.54) is 5.56 Å². The van der Waals surface area contributed by atoms with Crippen LogP contribution in [-0.2, 0) is 6.42 Å². The molecule has 0 radical (unpaired) electrons. The third-order valence-electron chi connectivity index (χ3n) is 3.42. The van der Waals surface area contributed by atoms with E-state index in [2.05, 4.69) is 45.6 Å². The molecular weight excluding hydrogens is 304 g/mol. The second kappa shape index (κ2) is 5.33. The summed E-state index contributed by atoms with van der Waals surface area (Å²) in [5.41, 5.74) is 6.45. The summed E-state index contributed by atoms with van der Waals surface area (Å²) in [6, 6.07) is 14.5. The molecule has 3 rings (SSSR count). The Labute approximate surface area is 120 Å². The average molecular weight is 319 g/mol. The van der Waals surface area contributed by atoms with Crippen LogP contribution in [0.5, 0.6) is 5.75 Å². The summed E-state index contributed by atoms with van der Waals surface area (Å²) in [6.45, 7) is 0.776. The van der Waals surface area contributed by atoms with Gasteiger partial charge in [0.2, 0.25) is 0 Å². The Bertz CT molecular complexity index is 583. The monoisotopic (exact) mass is 318 g/mol. The van der Waals surface area contributed by atoms with Crippen LogP contribution in [0.15, 0.2) is 46.9 Å². The molecule has 3 nitrogen and oxygen atoms in total. The van der Waals surface area contributed by atoms with Crippen LogP contribution in [0.1, 0.15) is 22.7 Å². The summed E-state index contributed by atoms with van der Waals surface area (Å²) in [4.78, 5) is 0. The Kier molecular flexibility index (Phi) is 3.55. The van der Waals surface area contributed by atoms with E-state index in [1.807, 2.05) is 18.2 Å². The van der Waals surface area contributed by atoms with Gasteiger partial charge in [0.25, 0.3) is 0 Å². The lowest BCUT2D eigenvalue weighted by Gasteiger charge is -2.17. The van der Waals surface area contributed by atoms with Crippen LogP contribution >= 0.6 is 15.9 Å². The van der Waals surface area contributed by atoms with Crippen molar-refractivity contribution in [3.63, 3.8) is 0 Å². The van der Waals surface area contributed by atoms with Gasteiger partial charge in [-0.05, 0) is 34.9 Å². The van der Waals surface area contributed by atoms with Gasteiger partial charge in [0.15, 0.2) is 0 Å². The smallest absolute Gasteiger partial charge is 0.122 e. The zero-order chi connectivity index (χ0) is 13.2. The molecule has 1 aliphatic rings. The van der Waals surface area contributed by atoms with Gasteiger partial charge in [-0.2, -0.15) is 0 Å². The first-order chi connectivity index (χ1) is 9.28. The lowest BCUT2D eigenvalue weighted by atomic mass is 9.97. The molecule has 1 heterocycles. The van der Waals surface area contributed by atoms with Gasteiger partial charge in [0.05, 0.1) is 12.6 Å². The SMILES string of the molecule is NNC(c1ccc(Br)cc1)c1ccc2c(c1)CCO2. The minimum Gasteiger partial charge on any atom is -0.493 e. The lowest BCUT2D eigenvalue weighted by Crippen LogP contribution is -2.28. The van der Waals surface area contributed by atoms with Crippen molar-refractivity contribution in [2.75, 3.05) is 6.61 Å². The Morgan fingerprint density at radius 3 is 2.58 bits per heavy atom. The Hall–Kier alpha value is -1.36. The topological polar surface area (TPSA) is 47.3 Å². The number of halogens is 1. The van der Waals surface area contributed by atoms with Crippen molar-refractivity contribution in [2.24, 2.45) is 5.84 Å². The molecule has 0 saturated carbocycles. The molecule has 4 heteroatoms. The van der Waals surface area contributed by atoms with E-state index in [9.17, 15) is 0 Å². The van der Waals surface area contributed by atoms with E-state index in [4.69, 9.17) is 10.6 Å². The molecule has 2 aromatic carbocycles. The van der Waals surface area contributed by atoms with Crippen molar-refractivity contribution in [1.29, 1.82) is 0 Å². The van der Waals surface area contributed by atoms with Crippen LogP contribution in [0.25, 0.3) is 0 Å². The summed E-state index contributed by atoms with van der Waals surface area (Å²) < 4.78 is 6.59. The van der Waals surface area contributed by atoms with E-state index in [0.29, 0.717) is 0 Å². The van der Waals surface area contributed by atoms with E-state index in [-0.39, 0.29) is 6.04 Å². The van der Waals surface area contributed by atoms with E-state index in [0.717, 1.165) is 34.4 Å². The molecule has 2 aromatic rings. The van der Waals surface area contributed by atoms with Gasteiger partial charge in [-0.25, -0.2) is 5.43 Å². The van der Waals surface area contributed by atoms with Gasteiger partial charge in [0.1, 0.15) is 5.75 Å². The van der Waals surface area contributed by atoms with E-state index >= 15 is 0 Å². The molecular formula is C15H15BrN2O. The summed E-state index contributed by atoms with van der Waals surface area (Å²) in [5.74, 6) is 6.72. The number of nitrogens with two attached hydrogens (primary N) is 1. The molecule has 0 saturated heterocycles. The van der Waals surface area contributed by atoms with E-state index in [1.54, 1.807) is 0 Å².